The van der Waals surface area contributed by atoms with E-state index < -0.39 is 0 Å². The predicted molar refractivity (Wildman–Crippen MR) is 60.9 cm³/mol. The van der Waals surface area contributed by atoms with Crippen molar-refractivity contribution in [2.45, 2.75) is 25.8 Å². The van der Waals surface area contributed by atoms with E-state index >= 15 is 0 Å². The Hall–Kier alpha value is -1.02. The lowest BCUT2D eigenvalue weighted by Gasteiger charge is -2.09. The number of benzene rings is 1. The van der Waals surface area contributed by atoms with Gasteiger partial charge in [0.15, 0.2) is 0 Å². The average molecular weight is 190 g/mol. The van der Waals surface area contributed by atoms with Crippen molar-refractivity contribution in [1.82, 2.24) is 5.32 Å². The zero-order valence-corrected chi connectivity index (χ0v) is 8.93. The van der Waals surface area contributed by atoms with Crippen LogP contribution in [0.5, 0.6) is 0 Å². The third kappa shape index (κ3) is 1.75. The number of fused-ring (bicyclic) bond motifs is 1. The highest BCUT2D eigenvalue weighted by molar-refractivity contribution is 5.62. The van der Waals surface area contributed by atoms with Crippen molar-refractivity contribution in [3.63, 3.8) is 0 Å². The van der Waals surface area contributed by atoms with Crippen LogP contribution in [0.15, 0.2) is 18.2 Å². The van der Waals surface area contributed by atoms with Crippen LogP contribution in [0.4, 0.5) is 5.69 Å². The van der Waals surface area contributed by atoms with Crippen molar-refractivity contribution in [2.24, 2.45) is 0 Å². The van der Waals surface area contributed by atoms with E-state index in [0.717, 1.165) is 13.0 Å². The number of anilines is 1. The van der Waals surface area contributed by atoms with Gasteiger partial charge in [-0.1, -0.05) is 18.2 Å². The Morgan fingerprint density at radius 2 is 2.36 bits per heavy atom. The molecule has 1 aliphatic rings. The molecule has 1 aromatic rings. The fraction of sp³-hybridized carbons (Fsp3) is 0.500. The maximum Gasteiger partial charge on any atom is 0.0408 e. The first kappa shape index (κ1) is 9.53. The quantitative estimate of drug-likeness (QED) is 0.759. The van der Waals surface area contributed by atoms with Gasteiger partial charge in [-0.05, 0) is 44.5 Å². The third-order valence-corrected chi connectivity index (χ3v) is 2.80. The fourth-order valence-corrected chi connectivity index (χ4v) is 2.10. The highest BCUT2D eigenvalue weighted by Crippen LogP contribution is 2.29. The first-order valence-corrected chi connectivity index (χ1v) is 5.33. The topological polar surface area (TPSA) is 24.1 Å². The van der Waals surface area contributed by atoms with E-state index in [0.29, 0.717) is 6.04 Å². The second-order valence-electron chi connectivity index (χ2n) is 4.05. The normalized spacial score (nSPS) is 19.1. The van der Waals surface area contributed by atoms with Crippen molar-refractivity contribution in [3.05, 3.63) is 29.3 Å². The van der Waals surface area contributed by atoms with E-state index in [1.165, 1.54) is 23.2 Å². The summed E-state index contributed by atoms with van der Waals surface area (Å²) in [7, 11) is 2.00. The van der Waals surface area contributed by atoms with Gasteiger partial charge in [0.05, 0.1) is 0 Å². The molecule has 1 aromatic carbocycles. The second-order valence-corrected chi connectivity index (χ2v) is 4.05. The molecule has 1 atom stereocenters. The molecule has 0 saturated carbocycles. The molecular weight excluding hydrogens is 172 g/mol. The van der Waals surface area contributed by atoms with E-state index in [-0.39, 0.29) is 0 Å². The summed E-state index contributed by atoms with van der Waals surface area (Å²) in [6.07, 6.45) is 2.28. The summed E-state index contributed by atoms with van der Waals surface area (Å²) >= 11 is 0. The molecule has 1 heterocycles. The van der Waals surface area contributed by atoms with Gasteiger partial charge in [0.25, 0.3) is 0 Å². The largest absolute Gasteiger partial charge is 0.382 e. The summed E-state index contributed by atoms with van der Waals surface area (Å²) in [5, 5.41) is 6.74. The maximum absolute atomic E-state index is 3.55. The number of likely N-dealkylation sites (N-methyl/N-ethyl adjacent to an activating group) is 1. The van der Waals surface area contributed by atoms with Crippen molar-refractivity contribution in [1.29, 1.82) is 0 Å². The minimum absolute atomic E-state index is 0.598. The molecule has 0 spiro atoms. The molecule has 0 radical (unpaired) electrons. The molecule has 2 rings (SSSR count). The molecule has 0 amide bonds. The van der Waals surface area contributed by atoms with Gasteiger partial charge in [-0.2, -0.15) is 0 Å². The van der Waals surface area contributed by atoms with Gasteiger partial charge in [0.2, 0.25) is 0 Å². The van der Waals surface area contributed by atoms with Crippen LogP contribution in [-0.4, -0.2) is 19.6 Å². The predicted octanol–water partition coefficient (Wildman–Crippen LogP) is 1.80. The van der Waals surface area contributed by atoms with Crippen LogP contribution in [-0.2, 0) is 12.8 Å². The SMILES string of the molecule is CNCCc1cccc2c1NC(C)C2. The Balaban J connectivity index is 2.21. The van der Waals surface area contributed by atoms with Crippen LogP contribution in [0.1, 0.15) is 18.1 Å². The van der Waals surface area contributed by atoms with E-state index in [2.05, 4.69) is 35.8 Å². The molecule has 2 heteroatoms. The Bertz CT molecular complexity index is 320. The smallest absolute Gasteiger partial charge is 0.0408 e. The van der Waals surface area contributed by atoms with Crippen molar-refractivity contribution < 1.29 is 0 Å². The van der Waals surface area contributed by atoms with Gasteiger partial charge in [-0.15, -0.1) is 0 Å². The maximum atomic E-state index is 3.55. The molecule has 0 bridgehead atoms. The summed E-state index contributed by atoms with van der Waals surface area (Å²) in [4.78, 5) is 0. The number of para-hydroxylation sites is 1. The Morgan fingerprint density at radius 3 is 3.14 bits per heavy atom. The number of hydrogen-bond donors (Lipinski definition) is 2. The molecule has 0 saturated heterocycles. The molecule has 76 valence electrons. The summed E-state index contributed by atoms with van der Waals surface area (Å²) in [5.74, 6) is 0. The molecular formula is C12H18N2. The van der Waals surface area contributed by atoms with E-state index in [1.807, 2.05) is 7.05 Å². The summed E-state index contributed by atoms with van der Waals surface area (Å²) in [6.45, 7) is 3.29. The van der Waals surface area contributed by atoms with Crippen LogP contribution in [0, 0.1) is 0 Å². The Kier molecular flexibility index (Phi) is 2.73. The standard InChI is InChI=1S/C12H18N2/c1-9-8-11-5-3-4-10(6-7-13-2)12(11)14-9/h3-5,9,13-14H,6-8H2,1-2H3. The van der Waals surface area contributed by atoms with Gasteiger partial charge in [-0.3, -0.25) is 0 Å². The molecule has 14 heavy (non-hydrogen) atoms. The zero-order valence-electron chi connectivity index (χ0n) is 8.93. The molecule has 0 aliphatic carbocycles. The zero-order chi connectivity index (χ0) is 9.97. The van der Waals surface area contributed by atoms with Crippen molar-refractivity contribution in [2.75, 3.05) is 18.9 Å². The van der Waals surface area contributed by atoms with Gasteiger partial charge < -0.3 is 10.6 Å². The lowest BCUT2D eigenvalue weighted by Crippen LogP contribution is -2.12. The Morgan fingerprint density at radius 1 is 1.50 bits per heavy atom. The molecule has 1 unspecified atom stereocenters. The summed E-state index contributed by atoms with van der Waals surface area (Å²) in [5.41, 5.74) is 4.31. The highest BCUT2D eigenvalue weighted by Gasteiger charge is 2.18. The van der Waals surface area contributed by atoms with Gasteiger partial charge in [-0.25, -0.2) is 0 Å². The lowest BCUT2D eigenvalue weighted by molar-refractivity contribution is 0.791. The van der Waals surface area contributed by atoms with Gasteiger partial charge in [0, 0.05) is 11.7 Å². The van der Waals surface area contributed by atoms with Crippen molar-refractivity contribution >= 4 is 5.69 Å². The van der Waals surface area contributed by atoms with Gasteiger partial charge in [0.1, 0.15) is 0 Å². The Labute approximate surface area is 85.7 Å². The molecule has 1 aliphatic heterocycles. The second kappa shape index (κ2) is 4.01. The monoisotopic (exact) mass is 190 g/mol. The molecule has 0 aromatic heterocycles. The van der Waals surface area contributed by atoms with Crippen LogP contribution < -0.4 is 10.6 Å². The van der Waals surface area contributed by atoms with E-state index in [1.54, 1.807) is 0 Å². The van der Waals surface area contributed by atoms with Crippen LogP contribution in [0.3, 0.4) is 0 Å². The fourth-order valence-electron chi connectivity index (χ4n) is 2.10. The minimum atomic E-state index is 0.598. The number of nitrogens with one attached hydrogen (secondary N) is 2. The lowest BCUT2D eigenvalue weighted by atomic mass is 10.0. The van der Waals surface area contributed by atoms with Crippen LogP contribution in [0.2, 0.25) is 0 Å². The minimum Gasteiger partial charge on any atom is -0.382 e. The molecule has 2 N–H and O–H groups in total. The third-order valence-electron chi connectivity index (χ3n) is 2.80. The van der Waals surface area contributed by atoms with Crippen LogP contribution in [0.25, 0.3) is 0 Å². The molecule has 2 nitrogen and oxygen atoms in total. The highest BCUT2D eigenvalue weighted by atomic mass is 14.9. The van der Waals surface area contributed by atoms with Crippen LogP contribution >= 0.6 is 0 Å². The van der Waals surface area contributed by atoms with E-state index in [4.69, 9.17) is 0 Å². The average Bonchev–Trinajstić information content (AvgIpc) is 2.55. The number of hydrogen-bond acceptors (Lipinski definition) is 2. The van der Waals surface area contributed by atoms with Crippen molar-refractivity contribution in [3.8, 4) is 0 Å². The summed E-state index contributed by atoms with van der Waals surface area (Å²) in [6, 6.07) is 7.22. The first-order chi connectivity index (χ1) is 6.81. The molecule has 0 fully saturated rings. The first-order valence-electron chi connectivity index (χ1n) is 5.33. The number of rotatable bonds is 3. The van der Waals surface area contributed by atoms with Gasteiger partial charge >= 0.3 is 0 Å². The van der Waals surface area contributed by atoms with E-state index in [9.17, 15) is 0 Å². The summed E-state index contributed by atoms with van der Waals surface area (Å²) < 4.78 is 0.